The molecule has 1 saturated heterocycles. The first-order valence-electron chi connectivity index (χ1n) is 8.96. The lowest BCUT2D eigenvalue weighted by Crippen LogP contribution is -2.33. The normalized spacial score (nSPS) is 15.6. The summed E-state index contributed by atoms with van der Waals surface area (Å²) in [7, 11) is 0. The molecule has 7 nitrogen and oxygen atoms in total. The van der Waals surface area contributed by atoms with Gasteiger partial charge >= 0.3 is 5.97 Å². The highest BCUT2D eigenvalue weighted by Crippen LogP contribution is 2.32. The van der Waals surface area contributed by atoms with Gasteiger partial charge in [0.05, 0.1) is 16.8 Å². The van der Waals surface area contributed by atoms with E-state index in [1.54, 1.807) is 17.0 Å². The zero-order valence-corrected chi connectivity index (χ0v) is 17.0. The second-order valence-corrected chi connectivity index (χ2v) is 8.05. The third-order valence-electron chi connectivity index (χ3n) is 4.23. The number of amides is 1. The Hall–Kier alpha value is -2.52. The monoisotopic (exact) mass is 416 g/mol. The maximum absolute atomic E-state index is 12.3. The zero-order chi connectivity index (χ0) is 20.1. The number of carboxylic acids is 1. The van der Waals surface area contributed by atoms with Gasteiger partial charge in [0.15, 0.2) is 0 Å². The van der Waals surface area contributed by atoms with Crippen molar-refractivity contribution in [3.63, 3.8) is 0 Å². The van der Waals surface area contributed by atoms with E-state index in [1.807, 2.05) is 12.1 Å². The number of thiocarbonyl (C=S) groups is 1. The Morgan fingerprint density at radius 3 is 2.71 bits per heavy atom. The minimum atomic E-state index is -1.11. The van der Waals surface area contributed by atoms with Crippen LogP contribution >= 0.6 is 24.0 Å². The van der Waals surface area contributed by atoms with Crippen molar-refractivity contribution < 1.29 is 14.7 Å². The van der Waals surface area contributed by atoms with Crippen molar-refractivity contribution in [2.24, 2.45) is 0 Å². The molecule has 1 aliphatic rings. The van der Waals surface area contributed by atoms with Gasteiger partial charge in [-0.15, -0.1) is 5.10 Å². The number of hydrogen-bond donors (Lipinski definition) is 1. The van der Waals surface area contributed by atoms with Gasteiger partial charge in [-0.05, 0) is 36.6 Å². The highest BCUT2D eigenvalue weighted by atomic mass is 32.2. The summed E-state index contributed by atoms with van der Waals surface area (Å²) in [5.74, 6) is -1.54. The summed E-state index contributed by atoms with van der Waals surface area (Å²) in [4.78, 5) is 24.6. The average molecular weight is 417 g/mol. The van der Waals surface area contributed by atoms with E-state index in [1.165, 1.54) is 24.8 Å². The van der Waals surface area contributed by atoms with E-state index in [0.29, 0.717) is 10.6 Å². The van der Waals surface area contributed by atoms with Crippen LogP contribution in [0.25, 0.3) is 11.8 Å². The van der Waals surface area contributed by atoms with Crippen molar-refractivity contribution in [1.29, 1.82) is 0 Å². The van der Waals surface area contributed by atoms with Crippen molar-refractivity contribution in [1.82, 2.24) is 19.9 Å². The Kier molecular flexibility index (Phi) is 6.58. The van der Waals surface area contributed by atoms with E-state index in [2.05, 4.69) is 29.4 Å². The number of carboxylic acid groups (broad SMARTS) is 1. The summed E-state index contributed by atoms with van der Waals surface area (Å²) in [5.41, 5.74) is 2.67. The van der Waals surface area contributed by atoms with Crippen LogP contribution in [-0.4, -0.2) is 47.7 Å². The molecule has 9 heteroatoms. The fraction of sp³-hybridized carbons (Fsp3) is 0.316. The maximum atomic E-state index is 12.3. The predicted octanol–water partition coefficient (Wildman–Crippen LogP) is 3.29. The number of rotatable bonds is 8. The number of carbonyl (C=O) groups is 2. The van der Waals surface area contributed by atoms with Crippen molar-refractivity contribution in [2.45, 2.75) is 32.6 Å². The number of nitrogens with zero attached hydrogens (tertiary/aromatic N) is 4. The number of hydrogen-bond acceptors (Lipinski definition) is 6. The molecular formula is C19H20N4O3S2. The first-order chi connectivity index (χ1) is 13.5. The van der Waals surface area contributed by atoms with Gasteiger partial charge in [-0.25, -0.2) is 4.68 Å². The van der Waals surface area contributed by atoms with Gasteiger partial charge in [0, 0.05) is 0 Å². The molecule has 0 radical (unpaired) electrons. The molecule has 2 heterocycles. The van der Waals surface area contributed by atoms with Gasteiger partial charge in [0.2, 0.25) is 0 Å². The fourth-order valence-corrected chi connectivity index (χ4v) is 4.01. The van der Waals surface area contributed by atoms with Crippen LogP contribution in [0, 0.1) is 0 Å². The number of unbranched alkanes of at least 4 members (excludes halogenated alkanes) is 2. The highest BCUT2D eigenvalue weighted by Gasteiger charge is 2.33. The Labute approximate surface area is 172 Å². The van der Waals surface area contributed by atoms with E-state index < -0.39 is 18.4 Å². The van der Waals surface area contributed by atoms with Crippen molar-refractivity contribution in [3.8, 4) is 5.69 Å². The Morgan fingerprint density at radius 1 is 1.29 bits per heavy atom. The minimum Gasteiger partial charge on any atom is -0.480 e. The number of thioether (sulfide) groups is 1. The van der Waals surface area contributed by atoms with E-state index in [0.717, 1.165) is 28.8 Å². The van der Waals surface area contributed by atoms with E-state index in [-0.39, 0.29) is 4.32 Å². The maximum Gasteiger partial charge on any atom is 0.323 e. The third kappa shape index (κ3) is 4.85. The minimum absolute atomic E-state index is 0.227. The number of benzene rings is 1. The molecule has 2 aromatic rings. The smallest absolute Gasteiger partial charge is 0.323 e. The van der Waals surface area contributed by atoms with Gasteiger partial charge in [-0.2, -0.15) is 0 Å². The molecule has 1 amide bonds. The molecule has 0 bridgehead atoms. The van der Waals surface area contributed by atoms with Crippen LogP contribution in [0.5, 0.6) is 0 Å². The fourth-order valence-electron chi connectivity index (χ4n) is 2.77. The number of aromatic nitrogens is 3. The molecule has 0 spiro atoms. The zero-order valence-electron chi connectivity index (χ0n) is 15.4. The molecule has 3 rings (SSSR count). The third-order valence-corrected chi connectivity index (χ3v) is 5.60. The first kappa shape index (κ1) is 20.2. The van der Waals surface area contributed by atoms with Crippen LogP contribution in [0.15, 0.2) is 35.4 Å². The molecular weight excluding hydrogens is 396 g/mol. The average Bonchev–Trinajstić information content (AvgIpc) is 3.23. The highest BCUT2D eigenvalue weighted by molar-refractivity contribution is 8.26. The molecule has 1 aromatic heterocycles. The summed E-state index contributed by atoms with van der Waals surface area (Å²) in [5, 5.41) is 17.1. The van der Waals surface area contributed by atoms with Gasteiger partial charge in [0.1, 0.15) is 16.6 Å². The summed E-state index contributed by atoms with van der Waals surface area (Å²) < 4.78 is 1.87. The molecule has 146 valence electrons. The van der Waals surface area contributed by atoms with Gasteiger partial charge < -0.3 is 5.11 Å². The number of aliphatic carboxylic acids is 1. The topological polar surface area (TPSA) is 88.3 Å². The van der Waals surface area contributed by atoms with Crippen LogP contribution in [-0.2, 0) is 16.0 Å². The van der Waals surface area contributed by atoms with Gasteiger partial charge in [-0.1, -0.05) is 61.1 Å². The lowest BCUT2D eigenvalue weighted by Gasteiger charge is -2.09. The SMILES string of the molecule is CCCCCc1ccc(-n2cc(/C=C3\SC(=S)N(CC(=O)O)C3=O)nn2)cc1. The van der Waals surface area contributed by atoms with E-state index in [9.17, 15) is 9.59 Å². The molecule has 0 atom stereocenters. The van der Waals surface area contributed by atoms with Crippen molar-refractivity contribution >= 4 is 46.3 Å². The molecule has 0 unspecified atom stereocenters. The summed E-state index contributed by atoms with van der Waals surface area (Å²) >= 11 is 6.15. The second kappa shape index (κ2) is 9.11. The standard InChI is InChI=1S/C19H20N4O3S2/c1-2-3-4-5-13-6-8-15(9-7-13)23-11-14(20-21-23)10-16-18(26)22(12-17(24)25)19(27)28-16/h6-11H,2-5,12H2,1H3,(H,24,25)/b16-10-. The molecule has 0 aliphatic carbocycles. The molecule has 28 heavy (non-hydrogen) atoms. The van der Waals surface area contributed by atoms with Crippen LogP contribution in [0.3, 0.4) is 0 Å². The quantitative estimate of drug-likeness (QED) is 0.401. The van der Waals surface area contributed by atoms with Crippen LogP contribution < -0.4 is 0 Å². The van der Waals surface area contributed by atoms with Crippen molar-refractivity contribution in [3.05, 3.63) is 46.6 Å². The summed E-state index contributed by atoms with van der Waals surface area (Å²) in [6.45, 7) is 1.74. The second-order valence-electron chi connectivity index (χ2n) is 6.37. The van der Waals surface area contributed by atoms with Gasteiger partial charge in [-0.3, -0.25) is 14.5 Å². The summed E-state index contributed by atoms with van der Waals surface area (Å²) in [6.07, 6.45) is 7.97. The van der Waals surface area contributed by atoms with Gasteiger partial charge in [0.25, 0.3) is 5.91 Å². The largest absolute Gasteiger partial charge is 0.480 e. The first-order valence-corrected chi connectivity index (χ1v) is 10.2. The molecule has 1 aliphatic heterocycles. The molecule has 1 N–H and O–H groups in total. The Bertz CT molecular complexity index is 922. The Balaban J connectivity index is 1.70. The number of aryl methyl sites for hydroxylation is 1. The van der Waals surface area contributed by atoms with E-state index in [4.69, 9.17) is 17.3 Å². The molecule has 1 fully saturated rings. The van der Waals surface area contributed by atoms with Crippen LogP contribution in [0.2, 0.25) is 0 Å². The summed E-state index contributed by atoms with van der Waals surface area (Å²) in [6, 6.07) is 8.16. The molecule has 1 aromatic carbocycles. The predicted molar refractivity (Wildman–Crippen MR) is 112 cm³/mol. The van der Waals surface area contributed by atoms with Crippen molar-refractivity contribution in [2.75, 3.05) is 6.54 Å². The Morgan fingerprint density at radius 2 is 2.04 bits per heavy atom. The number of carbonyl (C=O) groups excluding carboxylic acids is 1. The van der Waals surface area contributed by atoms with Crippen LogP contribution in [0.1, 0.15) is 37.4 Å². The van der Waals surface area contributed by atoms with E-state index >= 15 is 0 Å². The lowest BCUT2D eigenvalue weighted by atomic mass is 10.1. The molecule has 0 saturated carbocycles. The lowest BCUT2D eigenvalue weighted by molar-refractivity contribution is -0.140. The van der Waals surface area contributed by atoms with Crippen LogP contribution in [0.4, 0.5) is 0 Å².